The molecule has 1 N–H and O–H groups in total. The zero-order chi connectivity index (χ0) is 19.8. The number of hydrogen-bond donors (Lipinski definition) is 1. The number of nitrogens with zero attached hydrogens (tertiary/aromatic N) is 1. The number of carbonyl (C=O) groups excluding carboxylic acids is 1. The summed E-state index contributed by atoms with van der Waals surface area (Å²) in [6, 6.07) is 21.8. The first-order valence-electron chi connectivity index (χ1n) is 8.59. The summed E-state index contributed by atoms with van der Waals surface area (Å²) in [5.41, 5.74) is 4.85. The number of halogens is 1. The van der Waals surface area contributed by atoms with E-state index in [1.54, 1.807) is 37.6 Å². The molecule has 3 aromatic rings. The van der Waals surface area contributed by atoms with Crippen molar-refractivity contribution in [2.75, 3.05) is 7.11 Å². The highest BCUT2D eigenvalue weighted by Crippen LogP contribution is 2.15. The maximum absolute atomic E-state index is 12.1. The summed E-state index contributed by atoms with van der Waals surface area (Å²) in [6.07, 6.45) is 1.57. The molecule has 0 bridgehead atoms. The zero-order valence-corrected chi connectivity index (χ0v) is 16.0. The Labute approximate surface area is 168 Å². The number of ether oxygens (including phenoxy) is 2. The number of carbonyl (C=O) groups is 1. The molecule has 142 valence electrons. The van der Waals surface area contributed by atoms with Crippen LogP contribution >= 0.6 is 11.6 Å². The second kappa shape index (κ2) is 9.58. The lowest BCUT2D eigenvalue weighted by Crippen LogP contribution is -2.17. The molecule has 0 atom stereocenters. The van der Waals surface area contributed by atoms with Crippen molar-refractivity contribution in [2.45, 2.75) is 6.61 Å². The molecule has 0 heterocycles. The monoisotopic (exact) mass is 394 g/mol. The lowest BCUT2D eigenvalue weighted by atomic mass is 10.2. The predicted octanol–water partition coefficient (Wildman–Crippen LogP) is 4.69. The molecule has 0 spiro atoms. The highest BCUT2D eigenvalue weighted by Gasteiger charge is 2.05. The van der Waals surface area contributed by atoms with Crippen molar-refractivity contribution in [1.82, 2.24) is 5.43 Å². The maximum Gasteiger partial charge on any atom is 0.271 e. The van der Waals surface area contributed by atoms with Crippen molar-refractivity contribution in [3.8, 4) is 11.5 Å². The third kappa shape index (κ3) is 5.59. The number of rotatable bonds is 7. The van der Waals surface area contributed by atoms with E-state index in [1.807, 2.05) is 48.5 Å². The summed E-state index contributed by atoms with van der Waals surface area (Å²) in [5, 5.41) is 4.69. The van der Waals surface area contributed by atoms with Crippen molar-refractivity contribution in [1.29, 1.82) is 0 Å². The zero-order valence-electron chi connectivity index (χ0n) is 15.3. The Morgan fingerprint density at radius 3 is 2.50 bits per heavy atom. The number of amides is 1. The van der Waals surface area contributed by atoms with E-state index in [0.717, 1.165) is 16.9 Å². The van der Waals surface area contributed by atoms with Gasteiger partial charge < -0.3 is 9.47 Å². The second-order valence-electron chi connectivity index (χ2n) is 5.92. The van der Waals surface area contributed by atoms with Crippen molar-refractivity contribution in [3.63, 3.8) is 0 Å². The van der Waals surface area contributed by atoms with E-state index in [1.165, 1.54) is 0 Å². The summed E-state index contributed by atoms with van der Waals surface area (Å²) in [6.45, 7) is 0.460. The molecular formula is C22H19ClN2O3. The predicted molar refractivity (Wildman–Crippen MR) is 110 cm³/mol. The van der Waals surface area contributed by atoms with E-state index in [-0.39, 0.29) is 5.91 Å². The van der Waals surface area contributed by atoms with Gasteiger partial charge in [-0.3, -0.25) is 4.79 Å². The average Bonchev–Trinajstić information content (AvgIpc) is 2.74. The van der Waals surface area contributed by atoms with Crippen LogP contribution in [-0.4, -0.2) is 19.2 Å². The number of methoxy groups -OCH3 is 1. The fourth-order valence-corrected chi connectivity index (χ4v) is 2.52. The standard InChI is InChI=1S/C22H19ClN2O3/c1-27-21-4-2-3-18(13-21)22(26)25-24-14-16-7-11-20(12-8-16)28-15-17-5-9-19(23)10-6-17/h2-14H,15H2,1H3,(H,25,26)/b24-14-. The summed E-state index contributed by atoms with van der Waals surface area (Å²) < 4.78 is 10.8. The quantitative estimate of drug-likeness (QED) is 0.467. The number of hydrazone groups is 1. The normalized spacial score (nSPS) is 10.6. The number of hydrogen-bond acceptors (Lipinski definition) is 4. The largest absolute Gasteiger partial charge is 0.497 e. The summed E-state index contributed by atoms with van der Waals surface area (Å²) in [7, 11) is 1.55. The third-order valence-corrected chi connectivity index (χ3v) is 4.16. The highest BCUT2D eigenvalue weighted by molar-refractivity contribution is 6.30. The first kappa shape index (κ1) is 19.5. The van der Waals surface area contributed by atoms with E-state index in [2.05, 4.69) is 10.5 Å². The molecule has 0 aliphatic heterocycles. The SMILES string of the molecule is COc1cccc(C(=O)N/N=C\c2ccc(OCc3ccc(Cl)cc3)cc2)c1. The van der Waals surface area contributed by atoms with Crippen LogP contribution < -0.4 is 14.9 Å². The van der Waals surface area contributed by atoms with Crippen LogP contribution in [0, 0.1) is 0 Å². The van der Waals surface area contributed by atoms with Crippen molar-refractivity contribution >= 4 is 23.7 Å². The number of nitrogens with one attached hydrogen (secondary N) is 1. The Bertz CT molecular complexity index is 954. The van der Waals surface area contributed by atoms with Gasteiger partial charge in [-0.25, -0.2) is 5.43 Å². The first-order valence-corrected chi connectivity index (χ1v) is 8.96. The Morgan fingerprint density at radius 2 is 1.79 bits per heavy atom. The van der Waals surface area contributed by atoms with Crippen LogP contribution in [0.15, 0.2) is 77.9 Å². The van der Waals surface area contributed by atoms with Crippen molar-refractivity contribution < 1.29 is 14.3 Å². The van der Waals surface area contributed by atoms with Gasteiger partial charge in [-0.05, 0) is 65.7 Å². The molecule has 0 fully saturated rings. The van der Waals surface area contributed by atoms with Crippen LogP contribution in [0.3, 0.4) is 0 Å². The van der Waals surface area contributed by atoms with Crippen LogP contribution in [0.2, 0.25) is 5.02 Å². The van der Waals surface area contributed by atoms with Crippen molar-refractivity contribution in [3.05, 3.63) is 94.5 Å². The lowest BCUT2D eigenvalue weighted by Gasteiger charge is -2.06. The second-order valence-corrected chi connectivity index (χ2v) is 6.35. The fourth-order valence-electron chi connectivity index (χ4n) is 2.39. The van der Waals surface area contributed by atoms with Crippen molar-refractivity contribution in [2.24, 2.45) is 5.10 Å². The average molecular weight is 395 g/mol. The summed E-state index contributed by atoms with van der Waals surface area (Å²) in [4.78, 5) is 12.1. The smallest absolute Gasteiger partial charge is 0.271 e. The van der Waals surface area contributed by atoms with E-state index in [0.29, 0.717) is 22.9 Å². The minimum absolute atomic E-state index is 0.307. The van der Waals surface area contributed by atoms with Crippen LogP contribution in [0.1, 0.15) is 21.5 Å². The van der Waals surface area contributed by atoms with E-state index in [9.17, 15) is 4.79 Å². The van der Waals surface area contributed by atoms with E-state index in [4.69, 9.17) is 21.1 Å². The van der Waals surface area contributed by atoms with Gasteiger partial charge in [0.25, 0.3) is 5.91 Å². The lowest BCUT2D eigenvalue weighted by molar-refractivity contribution is 0.0955. The van der Waals surface area contributed by atoms with E-state index < -0.39 is 0 Å². The minimum Gasteiger partial charge on any atom is -0.497 e. The molecule has 3 rings (SSSR count). The molecule has 0 aliphatic rings. The molecule has 6 heteroatoms. The van der Waals surface area contributed by atoms with Gasteiger partial charge in [-0.15, -0.1) is 0 Å². The Morgan fingerprint density at radius 1 is 1.04 bits per heavy atom. The topological polar surface area (TPSA) is 59.9 Å². The van der Waals surface area contributed by atoms with Gasteiger partial charge in [-0.2, -0.15) is 5.10 Å². The third-order valence-electron chi connectivity index (χ3n) is 3.91. The number of benzene rings is 3. The van der Waals surface area contributed by atoms with Gasteiger partial charge in [0.1, 0.15) is 18.1 Å². The van der Waals surface area contributed by atoms with Crippen LogP contribution in [-0.2, 0) is 6.61 Å². The summed E-state index contributed by atoms with van der Waals surface area (Å²) >= 11 is 5.87. The van der Waals surface area contributed by atoms with Crippen LogP contribution in [0.4, 0.5) is 0 Å². The molecule has 0 aromatic heterocycles. The Hall–Kier alpha value is -3.31. The Balaban J connectivity index is 1.51. The van der Waals surface area contributed by atoms with Gasteiger partial charge in [0, 0.05) is 10.6 Å². The van der Waals surface area contributed by atoms with Gasteiger partial charge in [0.05, 0.1) is 13.3 Å². The molecule has 0 radical (unpaired) electrons. The highest BCUT2D eigenvalue weighted by atomic mass is 35.5. The molecule has 0 unspecified atom stereocenters. The van der Waals surface area contributed by atoms with Crippen LogP contribution in [0.5, 0.6) is 11.5 Å². The van der Waals surface area contributed by atoms with Gasteiger partial charge in [-0.1, -0.05) is 29.8 Å². The van der Waals surface area contributed by atoms with E-state index >= 15 is 0 Å². The molecule has 28 heavy (non-hydrogen) atoms. The molecule has 5 nitrogen and oxygen atoms in total. The van der Waals surface area contributed by atoms with Crippen LogP contribution in [0.25, 0.3) is 0 Å². The molecular weight excluding hydrogens is 376 g/mol. The maximum atomic E-state index is 12.1. The summed E-state index contributed by atoms with van der Waals surface area (Å²) in [5.74, 6) is 1.05. The molecule has 0 aliphatic carbocycles. The van der Waals surface area contributed by atoms with Gasteiger partial charge in [0.15, 0.2) is 0 Å². The molecule has 0 saturated carbocycles. The Kier molecular flexibility index (Phi) is 6.65. The first-order chi connectivity index (χ1) is 13.6. The molecule has 1 amide bonds. The molecule has 0 saturated heterocycles. The molecule has 3 aromatic carbocycles. The minimum atomic E-state index is -0.307. The fraction of sp³-hybridized carbons (Fsp3) is 0.0909. The van der Waals surface area contributed by atoms with Gasteiger partial charge in [0.2, 0.25) is 0 Å². The van der Waals surface area contributed by atoms with Gasteiger partial charge >= 0.3 is 0 Å².